The summed E-state index contributed by atoms with van der Waals surface area (Å²) in [7, 11) is 0. The molecular formula is C26H28FN5O2S2. The fraction of sp³-hybridized carbons (Fsp3) is 0.385. The molecule has 0 spiro atoms. The van der Waals surface area contributed by atoms with Crippen molar-refractivity contribution in [2.24, 2.45) is 0 Å². The van der Waals surface area contributed by atoms with Gasteiger partial charge in [-0.2, -0.15) is 5.26 Å². The van der Waals surface area contributed by atoms with Gasteiger partial charge in [0.25, 0.3) is 11.5 Å². The van der Waals surface area contributed by atoms with E-state index in [-0.39, 0.29) is 22.8 Å². The van der Waals surface area contributed by atoms with E-state index >= 15 is 0 Å². The van der Waals surface area contributed by atoms with Crippen molar-refractivity contribution in [3.8, 4) is 6.07 Å². The van der Waals surface area contributed by atoms with Crippen LogP contribution in [0.15, 0.2) is 34.0 Å². The van der Waals surface area contributed by atoms with E-state index in [1.54, 1.807) is 34.6 Å². The topological polar surface area (TPSA) is 72.6 Å². The third-order valence-electron chi connectivity index (χ3n) is 6.53. The number of thioether (sulfide) groups is 1. The quantitative estimate of drug-likeness (QED) is 0.415. The van der Waals surface area contributed by atoms with Crippen LogP contribution < -0.4 is 15.4 Å². The standard InChI is InChI=1S/C26H28FN5O2S2/c1-4-10-32-23(30-13-11-29(12-14-30)21-9-7-6-8-20(21)27)18(17(3)19(16-28)24(32)33)15-22-25(34)31(5-2)26(35)36-22/h6-9,15H,4-5,10-14H2,1-3H3/b22-15+. The fourth-order valence-corrected chi connectivity index (χ4v) is 6.05. The molecule has 2 aromatic rings. The number of carbonyl (C=O) groups excluding carboxylic acids is 1. The van der Waals surface area contributed by atoms with Gasteiger partial charge in [0.2, 0.25) is 0 Å². The normalized spacial score (nSPS) is 17.3. The smallest absolute Gasteiger partial charge is 0.270 e. The molecular weight excluding hydrogens is 497 g/mol. The highest BCUT2D eigenvalue weighted by Crippen LogP contribution is 2.36. The van der Waals surface area contributed by atoms with Gasteiger partial charge in [0.1, 0.15) is 27.6 Å². The molecule has 1 aromatic heterocycles. The predicted octanol–water partition coefficient (Wildman–Crippen LogP) is 4.13. The van der Waals surface area contributed by atoms with Crippen LogP contribution in [0.1, 0.15) is 37.0 Å². The number of carbonyl (C=O) groups is 1. The molecule has 2 fully saturated rings. The number of anilines is 2. The second-order valence-corrected chi connectivity index (χ2v) is 10.3. The zero-order chi connectivity index (χ0) is 26.0. The number of hydrogen-bond acceptors (Lipinski definition) is 7. The summed E-state index contributed by atoms with van der Waals surface area (Å²) in [5.74, 6) is 0.254. The number of piperazine rings is 1. The van der Waals surface area contributed by atoms with Crippen LogP contribution in [-0.2, 0) is 11.3 Å². The van der Waals surface area contributed by atoms with Gasteiger partial charge in [-0.1, -0.05) is 43.0 Å². The van der Waals surface area contributed by atoms with Crippen molar-refractivity contribution >= 4 is 51.8 Å². The van der Waals surface area contributed by atoms with E-state index < -0.39 is 0 Å². The monoisotopic (exact) mass is 525 g/mol. The van der Waals surface area contributed by atoms with Crippen molar-refractivity contribution < 1.29 is 9.18 Å². The molecule has 0 atom stereocenters. The Labute approximate surface area is 219 Å². The van der Waals surface area contributed by atoms with Gasteiger partial charge in [-0.25, -0.2) is 4.39 Å². The highest BCUT2D eigenvalue weighted by atomic mass is 32.2. The lowest BCUT2D eigenvalue weighted by Crippen LogP contribution is -2.49. The van der Waals surface area contributed by atoms with Crippen LogP contribution in [0.25, 0.3) is 6.08 Å². The van der Waals surface area contributed by atoms with Gasteiger partial charge in [-0.3, -0.25) is 19.1 Å². The molecule has 0 unspecified atom stereocenters. The van der Waals surface area contributed by atoms with Gasteiger partial charge < -0.3 is 9.80 Å². The Kier molecular flexibility index (Phi) is 7.81. The van der Waals surface area contributed by atoms with E-state index in [1.165, 1.54) is 17.8 Å². The van der Waals surface area contributed by atoms with E-state index in [9.17, 15) is 19.2 Å². The van der Waals surface area contributed by atoms with Gasteiger partial charge in [0.15, 0.2) is 0 Å². The molecule has 2 saturated heterocycles. The summed E-state index contributed by atoms with van der Waals surface area (Å²) in [4.78, 5) is 32.4. The lowest BCUT2D eigenvalue weighted by Gasteiger charge is -2.39. The Balaban J connectivity index is 1.80. The highest BCUT2D eigenvalue weighted by Gasteiger charge is 2.33. The van der Waals surface area contributed by atoms with Gasteiger partial charge in [-0.15, -0.1) is 0 Å². The van der Waals surface area contributed by atoms with E-state index in [4.69, 9.17) is 12.2 Å². The zero-order valence-corrected chi connectivity index (χ0v) is 22.2. The Morgan fingerprint density at radius 3 is 2.39 bits per heavy atom. The lowest BCUT2D eigenvalue weighted by atomic mass is 10.0. The Bertz CT molecular complexity index is 1340. The molecule has 0 N–H and O–H groups in total. The van der Waals surface area contributed by atoms with Crippen LogP contribution in [0.4, 0.5) is 15.9 Å². The molecule has 2 aliphatic heterocycles. The minimum atomic E-state index is -0.332. The van der Waals surface area contributed by atoms with Crippen LogP contribution >= 0.6 is 24.0 Å². The third kappa shape index (κ3) is 4.65. The number of halogens is 1. The fourth-order valence-electron chi connectivity index (χ4n) is 4.69. The van der Waals surface area contributed by atoms with Gasteiger partial charge in [-0.05, 0) is 44.0 Å². The summed E-state index contributed by atoms with van der Waals surface area (Å²) in [6, 6.07) is 8.79. The van der Waals surface area contributed by atoms with E-state index in [0.717, 1.165) is 0 Å². The van der Waals surface area contributed by atoms with Crippen molar-refractivity contribution in [3.63, 3.8) is 0 Å². The van der Waals surface area contributed by atoms with E-state index in [1.807, 2.05) is 24.8 Å². The highest BCUT2D eigenvalue weighted by molar-refractivity contribution is 8.26. The first-order chi connectivity index (χ1) is 17.3. The molecule has 2 aliphatic rings. The van der Waals surface area contributed by atoms with Crippen molar-refractivity contribution in [1.82, 2.24) is 9.47 Å². The maximum absolute atomic E-state index is 14.4. The molecule has 3 heterocycles. The molecule has 36 heavy (non-hydrogen) atoms. The number of thiocarbonyl (C=S) groups is 1. The second-order valence-electron chi connectivity index (χ2n) is 8.66. The van der Waals surface area contributed by atoms with Crippen LogP contribution in [0.2, 0.25) is 0 Å². The zero-order valence-electron chi connectivity index (χ0n) is 20.6. The number of pyridine rings is 1. The van der Waals surface area contributed by atoms with Crippen molar-refractivity contribution in [2.45, 2.75) is 33.7 Å². The Morgan fingerprint density at radius 1 is 1.14 bits per heavy atom. The van der Waals surface area contributed by atoms with Gasteiger partial charge >= 0.3 is 0 Å². The third-order valence-corrected chi connectivity index (χ3v) is 7.91. The minimum Gasteiger partial charge on any atom is -0.366 e. The average Bonchev–Trinajstić information content (AvgIpc) is 3.15. The summed E-state index contributed by atoms with van der Waals surface area (Å²) in [5.41, 5.74) is 1.53. The van der Waals surface area contributed by atoms with Crippen LogP contribution in [-0.4, -0.2) is 52.4 Å². The molecule has 0 bridgehead atoms. The number of likely N-dealkylation sites (N-methyl/N-ethyl adjacent to an activating group) is 1. The number of para-hydroxylation sites is 1. The Morgan fingerprint density at radius 2 is 1.81 bits per heavy atom. The second kappa shape index (κ2) is 10.8. The number of aromatic nitrogens is 1. The molecule has 0 saturated carbocycles. The SMILES string of the molecule is CCCn1c(N2CCN(c3ccccc3F)CC2)c(/C=C2/SC(=S)N(CC)C2=O)c(C)c(C#N)c1=O. The summed E-state index contributed by atoms with van der Waals surface area (Å²) in [5, 5.41) is 9.80. The summed E-state index contributed by atoms with van der Waals surface area (Å²) >= 11 is 6.61. The maximum atomic E-state index is 14.4. The predicted molar refractivity (Wildman–Crippen MR) is 147 cm³/mol. The number of nitriles is 1. The number of amides is 1. The number of hydrogen-bond donors (Lipinski definition) is 0. The molecule has 1 aromatic carbocycles. The Hall–Kier alpha value is -3.16. The van der Waals surface area contributed by atoms with Crippen molar-refractivity contribution in [1.29, 1.82) is 5.26 Å². The molecule has 7 nitrogen and oxygen atoms in total. The molecule has 4 rings (SSSR count). The lowest BCUT2D eigenvalue weighted by molar-refractivity contribution is -0.121. The van der Waals surface area contributed by atoms with Crippen molar-refractivity contribution in [2.75, 3.05) is 42.5 Å². The summed E-state index contributed by atoms with van der Waals surface area (Å²) < 4.78 is 16.5. The van der Waals surface area contributed by atoms with Crippen LogP contribution in [0.5, 0.6) is 0 Å². The molecule has 0 radical (unpaired) electrons. The minimum absolute atomic E-state index is 0.0782. The summed E-state index contributed by atoms with van der Waals surface area (Å²) in [6.45, 7) is 8.76. The largest absolute Gasteiger partial charge is 0.366 e. The van der Waals surface area contributed by atoms with Gasteiger partial charge in [0, 0.05) is 44.8 Å². The first-order valence-corrected chi connectivity index (χ1v) is 13.2. The molecule has 1 amide bonds. The molecule has 10 heteroatoms. The van der Waals surface area contributed by atoms with Crippen molar-refractivity contribution in [3.05, 3.63) is 62.0 Å². The number of nitrogens with zero attached hydrogens (tertiary/aromatic N) is 5. The first kappa shape index (κ1) is 25.9. The van der Waals surface area contributed by atoms with Crippen LogP contribution in [0, 0.1) is 24.1 Å². The number of benzene rings is 1. The molecule has 188 valence electrons. The maximum Gasteiger partial charge on any atom is 0.270 e. The van der Waals surface area contributed by atoms with Crippen LogP contribution in [0.3, 0.4) is 0 Å². The average molecular weight is 526 g/mol. The number of rotatable bonds is 6. The molecule has 0 aliphatic carbocycles. The summed E-state index contributed by atoms with van der Waals surface area (Å²) in [6.07, 6.45) is 2.47. The van der Waals surface area contributed by atoms with Gasteiger partial charge in [0.05, 0.1) is 10.6 Å². The first-order valence-electron chi connectivity index (χ1n) is 12.0. The van der Waals surface area contributed by atoms with E-state index in [2.05, 4.69) is 11.0 Å². The van der Waals surface area contributed by atoms with E-state index in [0.29, 0.717) is 77.5 Å².